The Morgan fingerprint density at radius 3 is 2.86 bits per heavy atom. The predicted molar refractivity (Wildman–Crippen MR) is 85.5 cm³/mol. The van der Waals surface area contributed by atoms with Gasteiger partial charge in [-0.2, -0.15) is 0 Å². The normalized spacial score (nSPS) is 20.6. The maximum atomic E-state index is 11.5. The van der Waals surface area contributed by atoms with Crippen LogP contribution in [0.1, 0.15) is 61.8 Å². The Labute approximate surface area is 128 Å². The summed E-state index contributed by atoms with van der Waals surface area (Å²) in [5.74, 6) is -0.667. The monoisotopic (exact) mass is 289 g/mol. The highest BCUT2D eigenvalue weighted by Gasteiger charge is 2.36. The topological polar surface area (TPSA) is 40.5 Å². The van der Waals surface area contributed by atoms with Gasteiger partial charge in [0.25, 0.3) is 0 Å². The summed E-state index contributed by atoms with van der Waals surface area (Å²) in [5, 5.41) is 9.49. The summed E-state index contributed by atoms with van der Waals surface area (Å²) in [6, 6.07) is 6.47. The standard InChI is InChI=1S/C18H27NO2/c1-4-5-7-16(15-12-13(2)9-10-14(15)3)19-11-6-8-17(19)18(20)21/h9-10,12,16-17H,4-8,11H2,1-3H3,(H,20,21). The zero-order chi connectivity index (χ0) is 15.4. The van der Waals surface area contributed by atoms with Gasteiger partial charge in [0.15, 0.2) is 0 Å². The van der Waals surface area contributed by atoms with Gasteiger partial charge in [-0.1, -0.05) is 43.5 Å². The number of nitrogens with zero attached hydrogens (tertiary/aromatic N) is 1. The summed E-state index contributed by atoms with van der Waals surface area (Å²) < 4.78 is 0. The van der Waals surface area contributed by atoms with Crippen LogP contribution in [0.2, 0.25) is 0 Å². The third kappa shape index (κ3) is 3.65. The van der Waals surface area contributed by atoms with E-state index in [0.717, 1.165) is 38.6 Å². The van der Waals surface area contributed by atoms with E-state index in [1.54, 1.807) is 0 Å². The molecule has 2 rings (SSSR count). The summed E-state index contributed by atoms with van der Waals surface area (Å²) in [4.78, 5) is 13.8. The fourth-order valence-electron chi connectivity index (χ4n) is 3.44. The van der Waals surface area contributed by atoms with Crippen molar-refractivity contribution >= 4 is 5.97 Å². The van der Waals surface area contributed by atoms with Crippen molar-refractivity contribution in [3.05, 3.63) is 34.9 Å². The third-order valence-electron chi connectivity index (χ3n) is 4.60. The average molecular weight is 289 g/mol. The van der Waals surface area contributed by atoms with Gasteiger partial charge in [0.1, 0.15) is 6.04 Å². The number of aliphatic carboxylic acids is 1. The van der Waals surface area contributed by atoms with E-state index in [0.29, 0.717) is 0 Å². The SMILES string of the molecule is CCCCC(c1cc(C)ccc1C)N1CCCC1C(=O)O. The molecule has 3 nitrogen and oxygen atoms in total. The van der Waals surface area contributed by atoms with Crippen molar-refractivity contribution in [3.8, 4) is 0 Å². The Kier molecular flexibility index (Phi) is 5.40. The van der Waals surface area contributed by atoms with Gasteiger partial charge in [0.05, 0.1) is 0 Å². The second-order valence-corrected chi connectivity index (χ2v) is 6.25. The van der Waals surface area contributed by atoms with Crippen LogP contribution in [0.4, 0.5) is 0 Å². The Hall–Kier alpha value is -1.35. The smallest absolute Gasteiger partial charge is 0.320 e. The molecule has 116 valence electrons. The fraction of sp³-hybridized carbons (Fsp3) is 0.611. The van der Waals surface area contributed by atoms with E-state index in [1.165, 1.54) is 16.7 Å². The molecule has 2 atom stereocenters. The zero-order valence-electron chi connectivity index (χ0n) is 13.4. The first-order chi connectivity index (χ1) is 10.0. The van der Waals surface area contributed by atoms with E-state index in [2.05, 4.69) is 43.9 Å². The van der Waals surface area contributed by atoms with Crippen molar-refractivity contribution in [3.63, 3.8) is 0 Å². The molecular weight excluding hydrogens is 262 g/mol. The Bertz CT molecular complexity index is 498. The van der Waals surface area contributed by atoms with Crippen LogP contribution in [-0.2, 0) is 4.79 Å². The molecule has 1 N–H and O–H groups in total. The lowest BCUT2D eigenvalue weighted by molar-refractivity contribution is -0.143. The molecule has 1 fully saturated rings. The summed E-state index contributed by atoms with van der Waals surface area (Å²) in [6.07, 6.45) is 5.10. The Morgan fingerprint density at radius 1 is 1.43 bits per heavy atom. The molecule has 0 amide bonds. The van der Waals surface area contributed by atoms with Crippen molar-refractivity contribution in [1.82, 2.24) is 4.90 Å². The molecule has 1 heterocycles. The van der Waals surface area contributed by atoms with Crippen LogP contribution in [-0.4, -0.2) is 28.6 Å². The van der Waals surface area contributed by atoms with Crippen molar-refractivity contribution in [1.29, 1.82) is 0 Å². The van der Waals surface area contributed by atoms with Gasteiger partial charge in [-0.15, -0.1) is 0 Å². The molecule has 3 heteroatoms. The number of carboxylic acid groups (broad SMARTS) is 1. The van der Waals surface area contributed by atoms with Crippen LogP contribution >= 0.6 is 0 Å². The highest BCUT2D eigenvalue weighted by Crippen LogP contribution is 2.35. The van der Waals surface area contributed by atoms with Gasteiger partial charge >= 0.3 is 5.97 Å². The Morgan fingerprint density at radius 2 is 2.19 bits per heavy atom. The van der Waals surface area contributed by atoms with Gasteiger partial charge in [-0.3, -0.25) is 9.69 Å². The second kappa shape index (κ2) is 7.08. The van der Waals surface area contributed by atoms with Gasteiger partial charge in [-0.05, 0) is 50.8 Å². The fourth-order valence-corrected chi connectivity index (χ4v) is 3.44. The summed E-state index contributed by atoms with van der Waals surface area (Å²) in [6.45, 7) is 7.34. The van der Waals surface area contributed by atoms with Crippen molar-refractivity contribution in [2.24, 2.45) is 0 Å². The maximum Gasteiger partial charge on any atom is 0.320 e. The molecule has 0 spiro atoms. The van der Waals surface area contributed by atoms with E-state index in [1.807, 2.05) is 0 Å². The number of hydrogen-bond acceptors (Lipinski definition) is 2. The summed E-state index contributed by atoms with van der Waals surface area (Å²) >= 11 is 0. The molecule has 0 aromatic heterocycles. The van der Waals surface area contributed by atoms with Gasteiger partial charge in [0, 0.05) is 6.04 Å². The number of benzene rings is 1. The minimum Gasteiger partial charge on any atom is -0.480 e. The van der Waals surface area contributed by atoms with E-state index >= 15 is 0 Å². The predicted octanol–water partition coefficient (Wildman–Crippen LogP) is 4.08. The number of hydrogen-bond donors (Lipinski definition) is 1. The van der Waals surface area contributed by atoms with E-state index < -0.39 is 5.97 Å². The van der Waals surface area contributed by atoms with Crippen LogP contribution in [0.15, 0.2) is 18.2 Å². The largest absolute Gasteiger partial charge is 0.480 e. The summed E-state index contributed by atoms with van der Waals surface area (Å²) in [5.41, 5.74) is 3.84. The molecule has 0 radical (unpaired) electrons. The van der Waals surface area contributed by atoms with E-state index in [4.69, 9.17) is 0 Å². The quantitative estimate of drug-likeness (QED) is 0.857. The summed E-state index contributed by atoms with van der Waals surface area (Å²) in [7, 11) is 0. The molecule has 1 aliphatic rings. The van der Waals surface area contributed by atoms with Crippen LogP contribution in [0.3, 0.4) is 0 Å². The van der Waals surface area contributed by atoms with Crippen LogP contribution < -0.4 is 0 Å². The molecule has 0 saturated carbocycles. The molecule has 0 aliphatic carbocycles. The first-order valence-electron chi connectivity index (χ1n) is 8.10. The van der Waals surface area contributed by atoms with Crippen molar-refractivity contribution in [2.45, 2.75) is 65.0 Å². The lowest BCUT2D eigenvalue weighted by Gasteiger charge is -2.33. The number of unbranched alkanes of at least 4 members (excludes halogenated alkanes) is 1. The number of aryl methyl sites for hydroxylation is 2. The van der Waals surface area contributed by atoms with Crippen molar-refractivity contribution < 1.29 is 9.90 Å². The third-order valence-corrected chi connectivity index (χ3v) is 4.60. The number of rotatable bonds is 6. The lowest BCUT2D eigenvalue weighted by atomic mass is 9.93. The minimum atomic E-state index is -0.667. The first-order valence-corrected chi connectivity index (χ1v) is 8.10. The van der Waals surface area contributed by atoms with Gasteiger partial charge < -0.3 is 5.11 Å². The van der Waals surface area contributed by atoms with Gasteiger partial charge in [-0.25, -0.2) is 0 Å². The molecule has 21 heavy (non-hydrogen) atoms. The molecule has 1 aromatic carbocycles. The van der Waals surface area contributed by atoms with E-state index in [9.17, 15) is 9.90 Å². The number of carbonyl (C=O) groups is 1. The van der Waals surface area contributed by atoms with Crippen molar-refractivity contribution in [2.75, 3.05) is 6.54 Å². The Balaban J connectivity index is 2.33. The molecule has 2 unspecified atom stereocenters. The minimum absolute atomic E-state index is 0.244. The average Bonchev–Trinajstić information content (AvgIpc) is 2.92. The van der Waals surface area contributed by atoms with Crippen LogP contribution in [0.5, 0.6) is 0 Å². The van der Waals surface area contributed by atoms with Gasteiger partial charge in [0.2, 0.25) is 0 Å². The lowest BCUT2D eigenvalue weighted by Crippen LogP contribution is -2.39. The number of likely N-dealkylation sites (tertiary alicyclic amines) is 1. The molecule has 0 bridgehead atoms. The molecule has 1 saturated heterocycles. The van der Waals surface area contributed by atoms with Crippen LogP contribution in [0.25, 0.3) is 0 Å². The maximum absolute atomic E-state index is 11.5. The molecular formula is C18H27NO2. The zero-order valence-corrected chi connectivity index (χ0v) is 13.4. The molecule has 1 aliphatic heterocycles. The van der Waals surface area contributed by atoms with E-state index in [-0.39, 0.29) is 12.1 Å². The highest BCUT2D eigenvalue weighted by atomic mass is 16.4. The highest BCUT2D eigenvalue weighted by molar-refractivity contribution is 5.74. The first kappa shape index (κ1) is 16.0. The molecule has 1 aromatic rings. The van der Waals surface area contributed by atoms with Crippen LogP contribution in [0, 0.1) is 13.8 Å². The second-order valence-electron chi connectivity index (χ2n) is 6.25. The number of carboxylic acids is 1.